The van der Waals surface area contributed by atoms with E-state index in [2.05, 4.69) is 0 Å². The Bertz CT molecular complexity index is 1310. The largest absolute Gasteiger partial charge is 0.496 e. The normalized spacial score (nSPS) is 11.7. The van der Waals surface area contributed by atoms with Gasteiger partial charge in [0.15, 0.2) is 0 Å². The number of amides is 1. The predicted octanol–water partition coefficient (Wildman–Crippen LogP) is 4.77. The fourth-order valence-corrected chi connectivity index (χ4v) is 4.33. The molecule has 0 atom stereocenters. The van der Waals surface area contributed by atoms with Crippen molar-refractivity contribution in [3.05, 3.63) is 89.5 Å². The summed E-state index contributed by atoms with van der Waals surface area (Å²) in [7, 11) is -1.59. The maximum Gasteiger partial charge on any atom is 0.416 e. The van der Waals surface area contributed by atoms with Crippen LogP contribution in [-0.2, 0) is 27.6 Å². The Labute approximate surface area is 207 Å². The van der Waals surface area contributed by atoms with Gasteiger partial charge in [-0.1, -0.05) is 30.3 Å². The van der Waals surface area contributed by atoms with Gasteiger partial charge in [-0.2, -0.15) is 21.6 Å². The third kappa shape index (κ3) is 6.76. The molecule has 36 heavy (non-hydrogen) atoms. The fraction of sp³-hybridized carbons (Fsp3) is 0.240. The maximum absolute atomic E-state index is 13.2. The Kier molecular flexibility index (Phi) is 8.59. The molecule has 11 heteroatoms. The number of rotatable bonds is 10. The number of methoxy groups -OCH3 is 2. The summed E-state index contributed by atoms with van der Waals surface area (Å²) in [4.78, 5) is 14.1. The molecule has 0 aromatic heterocycles. The van der Waals surface area contributed by atoms with Crippen molar-refractivity contribution in [2.24, 2.45) is 0 Å². The lowest BCUT2D eigenvalue weighted by molar-refractivity contribution is -0.137. The van der Waals surface area contributed by atoms with E-state index < -0.39 is 26.8 Å². The molecule has 3 aromatic rings. The van der Waals surface area contributed by atoms with Gasteiger partial charge in [-0.3, -0.25) is 4.79 Å². The molecular weight excluding hydrogens is 499 g/mol. The smallest absolute Gasteiger partial charge is 0.416 e. The standard InChI is InChI=1S/C25H24F3NO6S/c1-33-14-13-29(24(30)22-11-3-4-12-23(22)34-2)17-18-7-5-9-20(15-18)35-36(31,32)21-10-6-8-19(16-21)25(26,27)28/h3-12,15-16H,13-14,17H2,1-2H3. The van der Waals surface area contributed by atoms with Crippen LogP contribution in [0.1, 0.15) is 21.5 Å². The summed E-state index contributed by atoms with van der Waals surface area (Å²) in [6.07, 6.45) is -4.70. The van der Waals surface area contributed by atoms with Crippen molar-refractivity contribution in [2.75, 3.05) is 27.4 Å². The highest BCUT2D eigenvalue weighted by molar-refractivity contribution is 7.87. The van der Waals surface area contributed by atoms with E-state index in [0.29, 0.717) is 22.9 Å². The molecular formula is C25H24F3NO6S. The number of carbonyl (C=O) groups excluding carboxylic acids is 1. The maximum atomic E-state index is 13.2. The number of hydrogen-bond acceptors (Lipinski definition) is 6. The molecule has 1 amide bonds. The van der Waals surface area contributed by atoms with Crippen molar-refractivity contribution in [2.45, 2.75) is 17.6 Å². The Morgan fingerprint density at radius 3 is 2.36 bits per heavy atom. The third-order valence-electron chi connectivity index (χ3n) is 5.12. The van der Waals surface area contributed by atoms with Crippen LogP contribution in [-0.4, -0.2) is 46.6 Å². The zero-order chi connectivity index (χ0) is 26.3. The second kappa shape index (κ2) is 11.4. The van der Waals surface area contributed by atoms with E-state index in [1.165, 1.54) is 37.3 Å². The van der Waals surface area contributed by atoms with E-state index in [1.807, 2.05) is 0 Å². The number of nitrogens with zero attached hydrogens (tertiary/aromatic N) is 1. The zero-order valence-corrected chi connectivity index (χ0v) is 20.3. The monoisotopic (exact) mass is 523 g/mol. The van der Waals surface area contributed by atoms with Gasteiger partial charge in [0.2, 0.25) is 0 Å². The van der Waals surface area contributed by atoms with Crippen LogP contribution < -0.4 is 8.92 Å². The van der Waals surface area contributed by atoms with Crippen LogP contribution in [0.25, 0.3) is 0 Å². The van der Waals surface area contributed by atoms with Gasteiger partial charge in [-0.15, -0.1) is 0 Å². The molecule has 0 heterocycles. The minimum atomic E-state index is -4.70. The summed E-state index contributed by atoms with van der Waals surface area (Å²) in [5.41, 5.74) is -0.230. The Balaban J connectivity index is 1.84. The van der Waals surface area contributed by atoms with Crippen LogP contribution in [0.4, 0.5) is 13.2 Å². The van der Waals surface area contributed by atoms with Crippen molar-refractivity contribution >= 4 is 16.0 Å². The highest BCUT2D eigenvalue weighted by Crippen LogP contribution is 2.31. The summed E-state index contributed by atoms with van der Waals surface area (Å²) in [6, 6.07) is 16.0. The zero-order valence-electron chi connectivity index (χ0n) is 19.5. The van der Waals surface area contributed by atoms with Crippen LogP contribution >= 0.6 is 0 Å². The number of ether oxygens (including phenoxy) is 2. The summed E-state index contributed by atoms with van der Waals surface area (Å²) >= 11 is 0. The first-order valence-corrected chi connectivity index (χ1v) is 12.1. The summed E-state index contributed by atoms with van der Waals surface area (Å²) in [6.45, 7) is 0.572. The molecule has 0 fully saturated rings. The van der Waals surface area contributed by atoms with Gasteiger partial charge < -0.3 is 18.6 Å². The van der Waals surface area contributed by atoms with Crippen molar-refractivity contribution in [1.82, 2.24) is 4.90 Å². The molecule has 0 radical (unpaired) electrons. The molecule has 0 aliphatic carbocycles. The third-order valence-corrected chi connectivity index (χ3v) is 6.36. The van der Waals surface area contributed by atoms with Crippen molar-refractivity contribution < 1.29 is 40.0 Å². The van der Waals surface area contributed by atoms with E-state index in [1.54, 1.807) is 30.3 Å². The molecule has 0 aliphatic rings. The second-order valence-electron chi connectivity index (χ2n) is 7.63. The van der Waals surface area contributed by atoms with Crippen LogP contribution in [0.3, 0.4) is 0 Å². The van der Waals surface area contributed by atoms with Crippen molar-refractivity contribution in [3.8, 4) is 11.5 Å². The minimum Gasteiger partial charge on any atom is -0.496 e. The Hall–Kier alpha value is -3.57. The molecule has 0 spiro atoms. The average molecular weight is 524 g/mol. The summed E-state index contributed by atoms with van der Waals surface area (Å²) < 4.78 is 79.8. The van der Waals surface area contributed by atoms with E-state index in [0.717, 1.165) is 18.2 Å². The van der Waals surface area contributed by atoms with Crippen LogP contribution in [0, 0.1) is 0 Å². The second-order valence-corrected chi connectivity index (χ2v) is 9.18. The van der Waals surface area contributed by atoms with Gasteiger partial charge in [0.1, 0.15) is 16.4 Å². The number of hydrogen-bond donors (Lipinski definition) is 0. The van der Waals surface area contributed by atoms with Gasteiger partial charge in [0.25, 0.3) is 5.91 Å². The first-order valence-electron chi connectivity index (χ1n) is 10.7. The number of carbonyl (C=O) groups is 1. The number of benzene rings is 3. The summed E-state index contributed by atoms with van der Waals surface area (Å²) in [5, 5.41) is 0. The Morgan fingerprint density at radius 2 is 1.67 bits per heavy atom. The predicted molar refractivity (Wildman–Crippen MR) is 125 cm³/mol. The molecule has 0 aliphatic heterocycles. The van der Waals surface area contributed by atoms with Crippen LogP contribution in [0.2, 0.25) is 0 Å². The van der Waals surface area contributed by atoms with E-state index in [4.69, 9.17) is 13.7 Å². The first-order chi connectivity index (χ1) is 17.0. The molecule has 3 rings (SSSR count). The number of halogens is 3. The fourth-order valence-electron chi connectivity index (χ4n) is 3.36. The molecule has 0 unspecified atom stereocenters. The lowest BCUT2D eigenvalue weighted by atomic mass is 10.1. The molecule has 192 valence electrons. The first kappa shape index (κ1) is 27.0. The van der Waals surface area contributed by atoms with Crippen LogP contribution in [0.15, 0.2) is 77.7 Å². The van der Waals surface area contributed by atoms with Crippen LogP contribution in [0.5, 0.6) is 11.5 Å². The van der Waals surface area contributed by atoms with E-state index in [9.17, 15) is 26.4 Å². The summed E-state index contributed by atoms with van der Waals surface area (Å²) in [5.74, 6) is -0.0390. The lowest BCUT2D eigenvalue weighted by Crippen LogP contribution is -2.33. The van der Waals surface area contributed by atoms with E-state index in [-0.39, 0.29) is 31.4 Å². The number of alkyl halides is 3. The molecule has 0 saturated carbocycles. The lowest BCUT2D eigenvalue weighted by Gasteiger charge is -2.23. The molecule has 0 bridgehead atoms. The quantitative estimate of drug-likeness (QED) is 0.356. The molecule has 7 nitrogen and oxygen atoms in total. The van der Waals surface area contributed by atoms with Crippen molar-refractivity contribution in [3.63, 3.8) is 0 Å². The molecule has 0 N–H and O–H groups in total. The van der Waals surface area contributed by atoms with Gasteiger partial charge in [0, 0.05) is 20.2 Å². The SMILES string of the molecule is COCCN(Cc1cccc(OS(=O)(=O)c2cccc(C(F)(F)F)c2)c1)C(=O)c1ccccc1OC. The topological polar surface area (TPSA) is 82.1 Å². The van der Waals surface area contributed by atoms with Gasteiger partial charge in [-0.05, 0) is 48.0 Å². The van der Waals surface area contributed by atoms with Gasteiger partial charge in [-0.25, -0.2) is 0 Å². The molecule has 3 aromatic carbocycles. The van der Waals surface area contributed by atoms with Crippen molar-refractivity contribution in [1.29, 1.82) is 0 Å². The van der Waals surface area contributed by atoms with Gasteiger partial charge >= 0.3 is 16.3 Å². The average Bonchev–Trinajstić information content (AvgIpc) is 2.85. The Morgan fingerprint density at radius 1 is 0.944 bits per heavy atom. The minimum absolute atomic E-state index is 0.0844. The highest BCUT2D eigenvalue weighted by Gasteiger charge is 2.32. The van der Waals surface area contributed by atoms with Gasteiger partial charge in [0.05, 0.1) is 24.8 Å². The number of para-hydroxylation sites is 1. The van der Waals surface area contributed by atoms with E-state index >= 15 is 0 Å². The highest BCUT2D eigenvalue weighted by atomic mass is 32.2. The molecule has 0 saturated heterocycles.